The van der Waals surface area contributed by atoms with Gasteiger partial charge in [0.25, 0.3) is 0 Å². The molecule has 7 heteroatoms. The van der Waals surface area contributed by atoms with Crippen molar-refractivity contribution in [2.75, 3.05) is 26.2 Å². The van der Waals surface area contributed by atoms with Gasteiger partial charge in [-0.15, -0.1) is 0 Å². The molecule has 1 amide bonds. The fourth-order valence-electron chi connectivity index (χ4n) is 7.16. The molecule has 1 fully saturated rings. The molecule has 0 aromatic heterocycles. The third kappa shape index (κ3) is 14.4. The first-order valence-corrected chi connectivity index (χ1v) is 20.4. The van der Waals surface area contributed by atoms with E-state index in [0.717, 1.165) is 53.0 Å². The number of hydrogen-bond acceptors (Lipinski definition) is 6. The number of nitrogens with zero attached hydrogens (tertiary/aromatic N) is 1. The first-order valence-electron chi connectivity index (χ1n) is 20.4. The minimum Gasteiger partial charge on any atom is -0.445 e. The predicted octanol–water partition coefficient (Wildman–Crippen LogP) is 11.1. The fraction of sp³-hybridized carbons (Fsp3) is 0.543. The van der Waals surface area contributed by atoms with E-state index in [1.807, 2.05) is 24.3 Å². The molecule has 1 aliphatic rings. The van der Waals surface area contributed by atoms with Gasteiger partial charge in [-0.05, 0) is 59.8 Å². The molecule has 53 heavy (non-hydrogen) atoms. The molecular formula is C46H66N2O5. The van der Waals surface area contributed by atoms with Crippen LogP contribution < -0.4 is 5.32 Å². The first-order chi connectivity index (χ1) is 25.9. The first kappa shape index (κ1) is 42.3. The second-order valence-corrected chi connectivity index (χ2v) is 14.7. The SMILES string of the molecule is C=CCOC(=O)NCc1cccc(-c2ccc([C@H]3O[C@@H](CN(CCCCCCCC)CCCCCCCC)[C@@H](C)[C@@H](c4ccc(CO)cc4)O3)cc2)c1. The number of benzene rings is 3. The maximum absolute atomic E-state index is 11.9. The second kappa shape index (κ2) is 24.0. The summed E-state index contributed by atoms with van der Waals surface area (Å²) >= 11 is 0. The summed E-state index contributed by atoms with van der Waals surface area (Å²) in [4.78, 5) is 14.6. The second-order valence-electron chi connectivity index (χ2n) is 14.7. The van der Waals surface area contributed by atoms with E-state index in [0.29, 0.717) is 6.54 Å². The number of amides is 1. The molecule has 7 nitrogen and oxygen atoms in total. The summed E-state index contributed by atoms with van der Waals surface area (Å²) in [7, 11) is 0. The summed E-state index contributed by atoms with van der Waals surface area (Å²) in [6, 6.07) is 24.8. The van der Waals surface area contributed by atoms with E-state index in [2.05, 4.69) is 86.1 Å². The number of carbonyl (C=O) groups excluding carboxylic acids is 1. The van der Waals surface area contributed by atoms with Crippen molar-refractivity contribution in [1.82, 2.24) is 10.2 Å². The highest BCUT2D eigenvalue weighted by atomic mass is 16.7. The van der Waals surface area contributed by atoms with Gasteiger partial charge in [0.05, 0.1) is 18.8 Å². The molecule has 1 aliphatic heterocycles. The predicted molar refractivity (Wildman–Crippen MR) is 216 cm³/mol. The minimum atomic E-state index is -0.505. The van der Waals surface area contributed by atoms with Crippen molar-refractivity contribution < 1.29 is 24.1 Å². The number of nitrogens with one attached hydrogen (secondary N) is 1. The number of unbranched alkanes of at least 4 members (excludes halogenated alkanes) is 10. The molecule has 4 atom stereocenters. The van der Waals surface area contributed by atoms with Gasteiger partial charge in [-0.25, -0.2) is 4.79 Å². The van der Waals surface area contributed by atoms with Crippen LogP contribution in [-0.2, 0) is 27.4 Å². The number of aliphatic hydroxyl groups is 1. The zero-order valence-corrected chi connectivity index (χ0v) is 32.8. The molecule has 0 aliphatic carbocycles. The van der Waals surface area contributed by atoms with E-state index in [1.165, 1.54) is 77.0 Å². The highest BCUT2D eigenvalue weighted by Gasteiger charge is 2.39. The standard InChI is InChI=1S/C46H66N2O5/c1-5-8-10-12-14-16-29-48(30-17-15-13-11-9-6-2)34-43-36(4)44(40-23-21-37(35-49)22-24-40)53-45(52-43)41-27-25-39(26-28-41)42-20-18-19-38(32-42)33-47-46(50)51-31-7-3/h7,18-28,32,36,43-45,49H,3,5-6,8-17,29-31,33-35H2,1-2,4H3,(H,47,50)/t36-,43+,44+,45+/m1/s1. The molecule has 3 aromatic carbocycles. The lowest BCUT2D eigenvalue weighted by molar-refractivity contribution is -0.276. The quantitative estimate of drug-likeness (QED) is 0.0707. The Balaban J connectivity index is 1.50. The normalized spacial score (nSPS) is 18.6. The van der Waals surface area contributed by atoms with Crippen LogP contribution in [0, 0.1) is 5.92 Å². The largest absolute Gasteiger partial charge is 0.445 e. The zero-order valence-electron chi connectivity index (χ0n) is 32.8. The maximum atomic E-state index is 11.9. The van der Waals surface area contributed by atoms with Crippen molar-refractivity contribution in [3.8, 4) is 11.1 Å². The van der Waals surface area contributed by atoms with Gasteiger partial charge >= 0.3 is 6.09 Å². The lowest BCUT2D eigenvalue weighted by Gasteiger charge is -2.43. The van der Waals surface area contributed by atoms with Crippen molar-refractivity contribution in [3.63, 3.8) is 0 Å². The number of aliphatic hydroxyl groups excluding tert-OH is 1. The summed E-state index contributed by atoms with van der Waals surface area (Å²) in [5.41, 5.74) is 6.12. The maximum Gasteiger partial charge on any atom is 0.407 e. The lowest BCUT2D eigenvalue weighted by atomic mass is 9.89. The Bertz CT molecular complexity index is 1440. The van der Waals surface area contributed by atoms with Gasteiger partial charge in [-0.3, -0.25) is 0 Å². The Labute approximate surface area is 320 Å². The van der Waals surface area contributed by atoms with E-state index in [9.17, 15) is 9.90 Å². The Hall–Kier alpha value is -3.49. The number of alkyl carbamates (subject to hydrolysis) is 1. The fourth-order valence-corrected chi connectivity index (χ4v) is 7.16. The third-order valence-electron chi connectivity index (χ3n) is 10.4. The highest BCUT2D eigenvalue weighted by Crippen LogP contribution is 2.42. The summed E-state index contributed by atoms with van der Waals surface area (Å²) in [6.07, 6.45) is 16.0. The monoisotopic (exact) mass is 726 g/mol. The van der Waals surface area contributed by atoms with E-state index >= 15 is 0 Å². The summed E-state index contributed by atoms with van der Waals surface area (Å²) in [5, 5.41) is 12.5. The molecule has 0 spiro atoms. The molecule has 290 valence electrons. The lowest BCUT2D eigenvalue weighted by Crippen LogP contribution is -2.45. The minimum absolute atomic E-state index is 0.00141. The van der Waals surface area contributed by atoms with Crippen molar-refractivity contribution in [1.29, 1.82) is 0 Å². The van der Waals surface area contributed by atoms with Crippen LogP contribution in [0.3, 0.4) is 0 Å². The smallest absolute Gasteiger partial charge is 0.407 e. The Kier molecular flexibility index (Phi) is 19.2. The highest BCUT2D eigenvalue weighted by molar-refractivity contribution is 5.68. The van der Waals surface area contributed by atoms with Gasteiger partial charge in [0.1, 0.15) is 6.61 Å². The van der Waals surface area contributed by atoms with Gasteiger partial charge < -0.3 is 29.5 Å². The van der Waals surface area contributed by atoms with E-state index < -0.39 is 12.4 Å². The van der Waals surface area contributed by atoms with Crippen LogP contribution in [0.15, 0.2) is 85.5 Å². The average Bonchev–Trinajstić information content (AvgIpc) is 3.19. The third-order valence-corrected chi connectivity index (χ3v) is 10.4. The zero-order chi connectivity index (χ0) is 37.7. The van der Waals surface area contributed by atoms with Crippen molar-refractivity contribution in [3.05, 3.63) is 108 Å². The van der Waals surface area contributed by atoms with Gasteiger partial charge in [0.15, 0.2) is 6.29 Å². The van der Waals surface area contributed by atoms with E-state index in [-0.39, 0.29) is 31.3 Å². The average molecular weight is 727 g/mol. The molecule has 2 N–H and O–H groups in total. The van der Waals surface area contributed by atoms with Gasteiger partial charge in [-0.1, -0.05) is 164 Å². The van der Waals surface area contributed by atoms with Crippen LogP contribution in [0.4, 0.5) is 4.79 Å². The van der Waals surface area contributed by atoms with Crippen LogP contribution in [-0.4, -0.2) is 48.4 Å². The van der Waals surface area contributed by atoms with Gasteiger partial charge in [0.2, 0.25) is 0 Å². The molecule has 0 unspecified atom stereocenters. The molecule has 1 saturated heterocycles. The van der Waals surface area contributed by atoms with Crippen molar-refractivity contribution in [2.45, 2.75) is 129 Å². The Morgan fingerprint density at radius 1 is 0.792 bits per heavy atom. The van der Waals surface area contributed by atoms with E-state index in [4.69, 9.17) is 14.2 Å². The van der Waals surface area contributed by atoms with Gasteiger partial charge in [0, 0.05) is 24.6 Å². The summed E-state index contributed by atoms with van der Waals surface area (Å²) in [5.74, 6) is 0.146. The summed E-state index contributed by atoms with van der Waals surface area (Å²) in [6.45, 7) is 14.1. The van der Waals surface area contributed by atoms with E-state index in [1.54, 1.807) is 6.08 Å². The topological polar surface area (TPSA) is 80.3 Å². The van der Waals surface area contributed by atoms with Crippen molar-refractivity contribution in [2.24, 2.45) is 5.92 Å². The van der Waals surface area contributed by atoms with Crippen LogP contribution in [0.2, 0.25) is 0 Å². The number of rotatable bonds is 24. The molecule has 0 saturated carbocycles. The van der Waals surface area contributed by atoms with Crippen LogP contribution in [0.1, 0.15) is 132 Å². The van der Waals surface area contributed by atoms with Crippen LogP contribution in [0.25, 0.3) is 11.1 Å². The Morgan fingerprint density at radius 2 is 1.42 bits per heavy atom. The molecule has 1 heterocycles. The van der Waals surface area contributed by atoms with Crippen LogP contribution in [0.5, 0.6) is 0 Å². The Morgan fingerprint density at radius 3 is 2.04 bits per heavy atom. The summed E-state index contributed by atoms with van der Waals surface area (Å²) < 4.78 is 18.8. The van der Waals surface area contributed by atoms with Crippen molar-refractivity contribution >= 4 is 6.09 Å². The molecule has 3 aromatic rings. The van der Waals surface area contributed by atoms with Gasteiger partial charge in [-0.2, -0.15) is 0 Å². The number of ether oxygens (including phenoxy) is 3. The molecule has 4 rings (SSSR count). The molecule has 0 radical (unpaired) electrons. The van der Waals surface area contributed by atoms with Crippen LogP contribution >= 0.6 is 0 Å². The molecule has 0 bridgehead atoms. The number of carbonyl (C=O) groups is 1. The molecular weight excluding hydrogens is 661 g/mol. The number of hydrogen-bond donors (Lipinski definition) is 2.